The maximum Gasteiger partial charge on any atom is 0.261 e. The zero-order chi connectivity index (χ0) is 14.7. The number of benzene rings is 2. The SMILES string of the molecule is Cc1cccc(CN(C)C(=O)c2c(O)cccc2O)c1. The van der Waals surface area contributed by atoms with Crippen LogP contribution in [0, 0.1) is 6.92 Å². The molecule has 0 fully saturated rings. The monoisotopic (exact) mass is 271 g/mol. The molecule has 2 rings (SSSR count). The number of phenolic OH excluding ortho intramolecular Hbond substituents is 2. The molecule has 0 saturated carbocycles. The van der Waals surface area contributed by atoms with Crippen LogP contribution in [-0.4, -0.2) is 28.1 Å². The molecule has 104 valence electrons. The van der Waals surface area contributed by atoms with Gasteiger partial charge in [-0.25, -0.2) is 0 Å². The quantitative estimate of drug-likeness (QED) is 0.902. The first-order chi connectivity index (χ1) is 9.49. The van der Waals surface area contributed by atoms with Gasteiger partial charge in [-0.1, -0.05) is 35.9 Å². The number of hydrogen-bond donors (Lipinski definition) is 2. The molecule has 0 aliphatic carbocycles. The standard InChI is InChI=1S/C16H17NO3/c1-11-5-3-6-12(9-11)10-17(2)16(20)15-13(18)7-4-8-14(15)19/h3-9,18-19H,10H2,1-2H3. The molecular formula is C16H17NO3. The van der Waals surface area contributed by atoms with Gasteiger partial charge in [-0.05, 0) is 24.6 Å². The topological polar surface area (TPSA) is 60.8 Å². The predicted octanol–water partition coefficient (Wildman–Crippen LogP) is 2.68. The number of aryl methyl sites for hydroxylation is 1. The lowest BCUT2D eigenvalue weighted by Gasteiger charge is -2.18. The highest BCUT2D eigenvalue weighted by molar-refractivity contribution is 5.99. The first kappa shape index (κ1) is 13.9. The lowest BCUT2D eigenvalue weighted by molar-refractivity contribution is 0.0779. The molecule has 0 atom stereocenters. The van der Waals surface area contributed by atoms with Gasteiger partial charge in [0.05, 0.1) is 0 Å². The molecule has 0 radical (unpaired) electrons. The summed E-state index contributed by atoms with van der Waals surface area (Å²) in [5.74, 6) is -0.848. The van der Waals surface area contributed by atoms with Crippen molar-refractivity contribution >= 4 is 5.91 Å². The third-order valence-electron chi connectivity index (χ3n) is 3.08. The highest BCUT2D eigenvalue weighted by Gasteiger charge is 2.19. The van der Waals surface area contributed by atoms with Gasteiger partial charge in [0, 0.05) is 13.6 Å². The van der Waals surface area contributed by atoms with Gasteiger partial charge in [0.1, 0.15) is 17.1 Å². The van der Waals surface area contributed by atoms with Crippen molar-refractivity contribution in [2.75, 3.05) is 7.05 Å². The van der Waals surface area contributed by atoms with E-state index < -0.39 is 5.91 Å². The van der Waals surface area contributed by atoms with Crippen molar-refractivity contribution in [2.24, 2.45) is 0 Å². The van der Waals surface area contributed by atoms with E-state index in [2.05, 4.69) is 0 Å². The number of amides is 1. The van der Waals surface area contributed by atoms with Crippen molar-refractivity contribution in [3.05, 3.63) is 59.2 Å². The molecule has 0 aliphatic heterocycles. The molecule has 1 amide bonds. The van der Waals surface area contributed by atoms with Crippen LogP contribution >= 0.6 is 0 Å². The first-order valence-corrected chi connectivity index (χ1v) is 6.31. The van der Waals surface area contributed by atoms with E-state index in [-0.39, 0.29) is 17.1 Å². The fraction of sp³-hybridized carbons (Fsp3) is 0.188. The number of phenols is 2. The Morgan fingerprint density at radius 1 is 1.10 bits per heavy atom. The van der Waals surface area contributed by atoms with Crippen LogP contribution in [0.3, 0.4) is 0 Å². The Morgan fingerprint density at radius 3 is 2.30 bits per heavy atom. The second-order valence-electron chi connectivity index (χ2n) is 4.82. The summed E-state index contributed by atoms with van der Waals surface area (Å²) in [7, 11) is 1.64. The van der Waals surface area contributed by atoms with Crippen molar-refractivity contribution in [1.82, 2.24) is 4.90 Å². The van der Waals surface area contributed by atoms with E-state index in [0.717, 1.165) is 11.1 Å². The Hall–Kier alpha value is -2.49. The van der Waals surface area contributed by atoms with E-state index in [0.29, 0.717) is 6.54 Å². The summed E-state index contributed by atoms with van der Waals surface area (Å²) < 4.78 is 0. The maximum atomic E-state index is 12.3. The molecule has 4 nitrogen and oxygen atoms in total. The highest BCUT2D eigenvalue weighted by atomic mass is 16.3. The third kappa shape index (κ3) is 2.91. The van der Waals surface area contributed by atoms with Crippen LogP contribution in [0.15, 0.2) is 42.5 Å². The molecule has 0 spiro atoms. The minimum Gasteiger partial charge on any atom is -0.507 e. The number of carbonyl (C=O) groups excluding carboxylic acids is 1. The van der Waals surface area contributed by atoms with E-state index >= 15 is 0 Å². The fourth-order valence-electron chi connectivity index (χ4n) is 2.09. The van der Waals surface area contributed by atoms with E-state index in [1.54, 1.807) is 7.05 Å². The van der Waals surface area contributed by atoms with Gasteiger partial charge in [0.25, 0.3) is 5.91 Å². The van der Waals surface area contributed by atoms with E-state index in [9.17, 15) is 15.0 Å². The van der Waals surface area contributed by atoms with Gasteiger partial charge < -0.3 is 15.1 Å². The Kier molecular flexibility index (Phi) is 3.94. The van der Waals surface area contributed by atoms with Gasteiger partial charge in [0.15, 0.2) is 0 Å². The number of nitrogens with zero attached hydrogens (tertiary/aromatic N) is 1. The van der Waals surface area contributed by atoms with E-state index in [1.165, 1.54) is 23.1 Å². The Morgan fingerprint density at radius 2 is 1.70 bits per heavy atom. The molecule has 0 aliphatic rings. The average Bonchev–Trinajstić information content (AvgIpc) is 2.38. The molecule has 0 heterocycles. The molecular weight excluding hydrogens is 254 g/mol. The third-order valence-corrected chi connectivity index (χ3v) is 3.08. The molecule has 0 unspecified atom stereocenters. The fourth-order valence-corrected chi connectivity index (χ4v) is 2.09. The zero-order valence-electron chi connectivity index (χ0n) is 11.5. The van der Waals surface area contributed by atoms with Crippen molar-refractivity contribution < 1.29 is 15.0 Å². The van der Waals surface area contributed by atoms with E-state index in [4.69, 9.17) is 0 Å². The Bertz CT molecular complexity index is 617. The second kappa shape index (κ2) is 5.65. The summed E-state index contributed by atoms with van der Waals surface area (Å²) in [6.45, 7) is 2.40. The van der Waals surface area contributed by atoms with Crippen LogP contribution < -0.4 is 0 Å². The number of rotatable bonds is 3. The first-order valence-electron chi connectivity index (χ1n) is 6.31. The summed E-state index contributed by atoms with van der Waals surface area (Å²) in [5, 5.41) is 19.4. The summed E-state index contributed by atoms with van der Waals surface area (Å²) in [5.41, 5.74) is 2.05. The van der Waals surface area contributed by atoms with Crippen LogP contribution in [0.2, 0.25) is 0 Å². The molecule has 0 bridgehead atoms. The van der Waals surface area contributed by atoms with Gasteiger partial charge in [-0.15, -0.1) is 0 Å². The van der Waals surface area contributed by atoms with Crippen molar-refractivity contribution in [3.8, 4) is 11.5 Å². The minimum atomic E-state index is -0.415. The molecule has 2 aromatic rings. The van der Waals surface area contributed by atoms with Crippen LogP contribution in [0.5, 0.6) is 11.5 Å². The number of carbonyl (C=O) groups is 1. The summed E-state index contributed by atoms with van der Waals surface area (Å²) in [6, 6.07) is 12.1. The van der Waals surface area contributed by atoms with E-state index in [1.807, 2.05) is 31.2 Å². The molecule has 0 aromatic heterocycles. The molecule has 2 aromatic carbocycles. The smallest absolute Gasteiger partial charge is 0.261 e. The summed E-state index contributed by atoms with van der Waals surface area (Å²) >= 11 is 0. The lowest BCUT2D eigenvalue weighted by Crippen LogP contribution is -2.26. The van der Waals surface area contributed by atoms with Crippen molar-refractivity contribution in [2.45, 2.75) is 13.5 Å². The van der Waals surface area contributed by atoms with Crippen molar-refractivity contribution in [1.29, 1.82) is 0 Å². The minimum absolute atomic E-state index is 0.0670. The molecule has 20 heavy (non-hydrogen) atoms. The second-order valence-corrected chi connectivity index (χ2v) is 4.82. The normalized spacial score (nSPS) is 10.3. The van der Waals surface area contributed by atoms with Crippen LogP contribution in [0.25, 0.3) is 0 Å². The average molecular weight is 271 g/mol. The lowest BCUT2D eigenvalue weighted by atomic mass is 10.1. The van der Waals surface area contributed by atoms with Gasteiger partial charge in [0.2, 0.25) is 0 Å². The molecule has 0 saturated heterocycles. The summed E-state index contributed by atoms with van der Waals surface area (Å²) in [6.07, 6.45) is 0. The Labute approximate surface area is 117 Å². The molecule has 4 heteroatoms. The van der Waals surface area contributed by atoms with Gasteiger partial charge in [-0.2, -0.15) is 0 Å². The van der Waals surface area contributed by atoms with Crippen LogP contribution in [-0.2, 0) is 6.54 Å². The van der Waals surface area contributed by atoms with Gasteiger partial charge >= 0.3 is 0 Å². The summed E-state index contributed by atoms with van der Waals surface area (Å²) in [4.78, 5) is 13.7. The zero-order valence-corrected chi connectivity index (χ0v) is 11.5. The van der Waals surface area contributed by atoms with Crippen molar-refractivity contribution in [3.63, 3.8) is 0 Å². The maximum absolute atomic E-state index is 12.3. The predicted molar refractivity (Wildman–Crippen MR) is 76.7 cm³/mol. The number of hydrogen-bond acceptors (Lipinski definition) is 3. The largest absolute Gasteiger partial charge is 0.507 e. The van der Waals surface area contributed by atoms with Crippen LogP contribution in [0.1, 0.15) is 21.5 Å². The Balaban J connectivity index is 2.21. The molecule has 2 N–H and O–H groups in total. The van der Waals surface area contributed by atoms with Gasteiger partial charge in [-0.3, -0.25) is 4.79 Å². The highest BCUT2D eigenvalue weighted by Crippen LogP contribution is 2.27. The van der Waals surface area contributed by atoms with Crippen LogP contribution in [0.4, 0.5) is 0 Å². The number of aromatic hydroxyl groups is 2.